The summed E-state index contributed by atoms with van der Waals surface area (Å²) in [5.41, 5.74) is 0. The fraction of sp³-hybridized carbons (Fsp3) is 0.900. The van der Waals surface area contributed by atoms with Crippen molar-refractivity contribution >= 4 is 5.91 Å². The Hall–Kier alpha value is -0.570. The van der Waals surface area contributed by atoms with Crippen LogP contribution in [0.3, 0.4) is 0 Å². The molecule has 0 aromatic heterocycles. The van der Waals surface area contributed by atoms with Crippen LogP contribution in [0.15, 0.2) is 0 Å². The third kappa shape index (κ3) is 2.21. The van der Waals surface area contributed by atoms with Crippen molar-refractivity contribution in [3.8, 4) is 0 Å². The zero-order valence-electron chi connectivity index (χ0n) is 8.18. The van der Waals surface area contributed by atoms with Gasteiger partial charge < -0.3 is 10.6 Å². The summed E-state index contributed by atoms with van der Waals surface area (Å²) in [5.74, 6) is 1.77. The maximum atomic E-state index is 10.8. The molecule has 1 aliphatic heterocycles. The van der Waals surface area contributed by atoms with Gasteiger partial charge in [0.2, 0.25) is 5.91 Å². The molecule has 1 aliphatic carbocycles. The van der Waals surface area contributed by atoms with E-state index in [1.807, 2.05) is 0 Å². The Morgan fingerprint density at radius 3 is 2.69 bits per heavy atom. The molecular formula is C10H18N2O. The second-order valence-electron chi connectivity index (χ2n) is 4.29. The van der Waals surface area contributed by atoms with Gasteiger partial charge in [-0.15, -0.1) is 0 Å². The van der Waals surface area contributed by atoms with Crippen molar-refractivity contribution in [2.24, 2.45) is 11.8 Å². The van der Waals surface area contributed by atoms with Gasteiger partial charge in [0.05, 0.1) is 0 Å². The number of rotatable bonds is 2. The predicted molar refractivity (Wildman–Crippen MR) is 51.3 cm³/mol. The number of amides is 1. The number of carbonyl (C=O) groups excluding carboxylic acids is 1. The summed E-state index contributed by atoms with van der Waals surface area (Å²) in [4.78, 5) is 10.8. The first-order chi connectivity index (χ1) is 6.27. The third-order valence-corrected chi connectivity index (χ3v) is 3.22. The minimum absolute atomic E-state index is 0.126. The lowest BCUT2D eigenvalue weighted by Crippen LogP contribution is -2.31. The molecule has 2 rings (SSSR count). The lowest BCUT2D eigenvalue weighted by molar-refractivity contribution is -0.119. The van der Waals surface area contributed by atoms with Crippen LogP contribution in [0.1, 0.15) is 26.2 Å². The van der Waals surface area contributed by atoms with Crippen molar-refractivity contribution < 1.29 is 4.79 Å². The molecule has 0 unspecified atom stereocenters. The van der Waals surface area contributed by atoms with Crippen LogP contribution in [0.25, 0.3) is 0 Å². The van der Waals surface area contributed by atoms with Crippen molar-refractivity contribution in [3.63, 3.8) is 0 Å². The molecule has 2 N–H and O–H groups in total. The van der Waals surface area contributed by atoms with E-state index in [2.05, 4.69) is 10.6 Å². The molecule has 2 fully saturated rings. The molecule has 0 spiro atoms. The highest BCUT2D eigenvalue weighted by Gasteiger charge is 2.43. The first-order valence-corrected chi connectivity index (χ1v) is 5.25. The topological polar surface area (TPSA) is 41.1 Å². The van der Waals surface area contributed by atoms with E-state index in [1.54, 1.807) is 6.92 Å². The monoisotopic (exact) mass is 182 g/mol. The molecule has 2 atom stereocenters. The van der Waals surface area contributed by atoms with E-state index >= 15 is 0 Å². The van der Waals surface area contributed by atoms with Gasteiger partial charge in [0, 0.05) is 13.0 Å². The summed E-state index contributed by atoms with van der Waals surface area (Å²) in [7, 11) is 0. The van der Waals surface area contributed by atoms with Gasteiger partial charge in [0.25, 0.3) is 0 Å². The maximum Gasteiger partial charge on any atom is 0.217 e. The van der Waals surface area contributed by atoms with Crippen LogP contribution in [0.2, 0.25) is 0 Å². The largest absolute Gasteiger partial charge is 0.353 e. The normalized spacial score (nSPS) is 34.2. The molecule has 0 bridgehead atoms. The van der Waals surface area contributed by atoms with Crippen molar-refractivity contribution in [2.75, 3.05) is 13.1 Å². The first kappa shape index (κ1) is 9.00. The molecular weight excluding hydrogens is 164 g/mol. The molecule has 0 aromatic rings. The summed E-state index contributed by atoms with van der Waals surface area (Å²) in [6.07, 6.45) is 3.80. The smallest absolute Gasteiger partial charge is 0.217 e. The maximum absolute atomic E-state index is 10.8. The molecule has 0 radical (unpaired) electrons. The van der Waals surface area contributed by atoms with Crippen LogP contribution in [0.4, 0.5) is 0 Å². The van der Waals surface area contributed by atoms with E-state index in [0.717, 1.165) is 24.9 Å². The Morgan fingerprint density at radius 2 is 2.08 bits per heavy atom. The van der Waals surface area contributed by atoms with Crippen LogP contribution in [0, 0.1) is 11.8 Å². The SMILES string of the molecule is CC(=O)N[C@@H]1C[C@H]1C1CCNCC1. The number of nitrogens with one attached hydrogen (secondary N) is 2. The zero-order chi connectivity index (χ0) is 9.26. The second kappa shape index (κ2) is 3.66. The number of piperidine rings is 1. The van der Waals surface area contributed by atoms with Crippen LogP contribution >= 0.6 is 0 Å². The molecule has 3 heteroatoms. The molecule has 13 heavy (non-hydrogen) atoms. The Morgan fingerprint density at radius 1 is 1.38 bits per heavy atom. The number of hydrogen-bond acceptors (Lipinski definition) is 2. The molecule has 0 aromatic carbocycles. The molecule has 74 valence electrons. The first-order valence-electron chi connectivity index (χ1n) is 5.25. The Bertz CT molecular complexity index is 199. The summed E-state index contributed by atoms with van der Waals surface area (Å²) in [6, 6.07) is 0.501. The minimum Gasteiger partial charge on any atom is -0.353 e. The van der Waals surface area contributed by atoms with Gasteiger partial charge in [-0.2, -0.15) is 0 Å². The summed E-state index contributed by atoms with van der Waals surface area (Å²) in [6.45, 7) is 3.93. The average Bonchev–Trinajstić information content (AvgIpc) is 2.84. The van der Waals surface area contributed by atoms with Gasteiger partial charge in [-0.1, -0.05) is 0 Å². The van der Waals surface area contributed by atoms with Crippen molar-refractivity contribution in [2.45, 2.75) is 32.2 Å². The fourth-order valence-electron chi connectivity index (χ4n) is 2.44. The molecule has 1 saturated carbocycles. The number of carbonyl (C=O) groups is 1. The van der Waals surface area contributed by atoms with Gasteiger partial charge in [-0.3, -0.25) is 4.79 Å². The summed E-state index contributed by atoms with van der Waals surface area (Å²) in [5, 5.41) is 6.37. The highest BCUT2D eigenvalue weighted by atomic mass is 16.1. The molecule has 1 amide bonds. The van der Waals surface area contributed by atoms with Crippen LogP contribution < -0.4 is 10.6 Å². The average molecular weight is 182 g/mol. The predicted octanol–water partition coefficient (Wildman–Crippen LogP) is 0.511. The lowest BCUT2D eigenvalue weighted by Gasteiger charge is -2.22. The summed E-state index contributed by atoms with van der Waals surface area (Å²) < 4.78 is 0. The molecule has 2 aliphatic rings. The zero-order valence-corrected chi connectivity index (χ0v) is 8.18. The van der Waals surface area contributed by atoms with Gasteiger partial charge >= 0.3 is 0 Å². The van der Waals surface area contributed by atoms with E-state index in [9.17, 15) is 4.79 Å². The van der Waals surface area contributed by atoms with Gasteiger partial charge in [0.15, 0.2) is 0 Å². The Labute approximate surface area is 79.3 Å². The molecule has 3 nitrogen and oxygen atoms in total. The minimum atomic E-state index is 0.126. The van der Waals surface area contributed by atoms with Crippen molar-refractivity contribution in [1.82, 2.24) is 10.6 Å². The summed E-state index contributed by atoms with van der Waals surface area (Å²) >= 11 is 0. The highest BCUT2D eigenvalue weighted by Crippen LogP contribution is 2.41. The highest BCUT2D eigenvalue weighted by molar-refractivity contribution is 5.73. The van der Waals surface area contributed by atoms with E-state index in [0.29, 0.717) is 6.04 Å². The lowest BCUT2D eigenvalue weighted by atomic mass is 9.93. The Kier molecular flexibility index (Phi) is 2.54. The standard InChI is InChI=1S/C10H18N2O/c1-7(13)12-10-6-9(10)8-2-4-11-5-3-8/h8-11H,2-6H2,1H3,(H,12,13)/t9-,10+/m0/s1. The third-order valence-electron chi connectivity index (χ3n) is 3.22. The molecule has 1 heterocycles. The van der Waals surface area contributed by atoms with Gasteiger partial charge in [-0.05, 0) is 44.2 Å². The van der Waals surface area contributed by atoms with Gasteiger partial charge in [-0.25, -0.2) is 0 Å². The van der Waals surface area contributed by atoms with Crippen molar-refractivity contribution in [3.05, 3.63) is 0 Å². The van der Waals surface area contributed by atoms with Crippen LogP contribution in [0.5, 0.6) is 0 Å². The van der Waals surface area contributed by atoms with Crippen LogP contribution in [-0.4, -0.2) is 25.0 Å². The fourth-order valence-corrected chi connectivity index (χ4v) is 2.44. The van der Waals surface area contributed by atoms with Crippen LogP contribution in [-0.2, 0) is 4.79 Å². The number of hydrogen-bond donors (Lipinski definition) is 2. The van der Waals surface area contributed by atoms with Crippen molar-refractivity contribution in [1.29, 1.82) is 0 Å². The molecule has 1 saturated heterocycles. The van der Waals surface area contributed by atoms with E-state index in [1.165, 1.54) is 19.3 Å². The quantitative estimate of drug-likeness (QED) is 0.653. The van der Waals surface area contributed by atoms with E-state index in [-0.39, 0.29) is 5.91 Å². The Balaban J connectivity index is 1.74. The van der Waals surface area contributed by atoms with E-state index in [4.69, 9.17) is 0 Å². The van der Waals surface area contributed by atoms with Gasteiger partial charge in [0.1, 0.15) is 0 Å². The van der Waals surface area contributed by atoms with E-state index < -0.39 is 0 Å². The second-order valence-corrected chi connectivity index (χ2v) is 4.29.